The van der Waals surface area contributed by atoms with E-state index in [9.17, 15) is 4.79 Å². The summed E-state index contributed by atoms with van der Waals surface area (Å²) in [5.74, 6) is -0.650. The van der Waals surface area contributed by atoms with E-state index in [1.807, 2.05) is 18.2 Å². The number of hydrazone groups is 1. The number of nitrogens with zero attached hydrogens (tertiary/aromatic N) is 5. The van der Waals surface area contributed by atoms with Crippen molar-refractivity contribution in [3.8, 4) is 0 Å². The van der Waals surface area contributed by atoms with Crippen LogP contribution in [0.25, 0.3) is 22.1 Å². The molecule has 0 aliphatic heterocycles. The summed E-state index contributed by atoms with van der Waals surface area (Å²) in [6.07, 6.45) is 6.26. The lowest BCUT2D eigenvalue weighted by atomic mass is 10.1. The molecule has 31 heavy (non-hydrogen) atoms. The van der Waals surface area contributed by atoms with E-state index in [0.717, 1.165) is 40.6 Å². The molecule has 0 spiro atoms. The zero-order valence-corrected chi connectivity index (χ0v) is 17.3. The van der Waals surface area contributed by atoms with Gasteiger partial charge in [-0.3, -0.25) is 0 Å². The number of carboxylic acids is 1. The minimum atomic E-state index is -0.959. The zero-order chi connectivity index (χ0) is 21.6. The number of para-hydroxylation sites is 1. The Hall–Kier alpha value is -3.81. The maximum absolute atomic E-state index is 10.9. The van der Waals surface area contributed by atoms with Crippen molar-refractivity contribution in [3.05, 3.63) is 59.7 Å². The number of carbonyl (C=O) groups is 1. The maximum atomic E-state index is 10.9. The molecule has 0 radical (unpaired) electrons. The molecule has 2 aromatic heterocycles. The van der Waals surface area contributed by atoms with Crippen LogP contribution in [0.4, 0.5) is 5.95 Å². The van der Waals surface area contributed by atoms with Gasteiger partial charge in [-0.2, -0.15) is 10.1 Å². The Morgan fingerprint density at radius 1 is 1.10 bits per heavy atom. The second-order valence-electron chi connectivity index (χ2n) is 7.33. The number of aromatic carboxylic acids is 1. The molecule has 4 rings (SSSR count). The number of hydrogen-bond acceptors (Lipinski definition) is 6. The standard InChI is InChI=1S/C23H24N6O2/c1-2-3-4-7-14-29-19-9-6-5-8-18(19)20-21(29)25-23(28-26-20)27-24-15-16-10-12-17(13-11-16)22(30)31/h5-6,8-13,15H,2-4,7,14H2,1H3,(H,30,31)(H,25,27,28)/b24-15+. The molecular weight excluding hydrogens is 392 g/mol. The molecule has 0 aliphatic rings. The third-order valence-electron chi connectivity index (χ3n) is 5.15. The molecular formula is C23H24N6O2. The van der Waals surface area contributed by atoms with Gasteiger partial charge in [-0.1, -0.05) is 56.5 Å². The maximum Gasteiger partial charge on any atom is 0.335 e. The number of hydrogen-bond donors (Lipinski definition) is 2. The van der Waals surface area contributed by atoms with E-state index < -0.39 is 5.97 Å². The van der Waals surface area contributed by atoms with E-state index in [4.69, 9.17) is 5.11 Å². The molecule has 0 saturated carbocycles. The highest BCUT2D eigenvalue weighted by Crippen LogP contribution is 2.26. The number of carboxylic acid groups (broad SMARTS) is 1. The van der Waals surface area contributed by atoms with Crippen LogP contribution in [-0.4, -0.2) is 37.0 Å². The summed E-state index contributed by atoms with van der Waals surface area (Å²) in [4.78, 5) is 15.6. The molecule has 0 fully saturated rings. The molecule has 2 heterocycles. The Bertz CT molecular complexity index is 1230. The van der Waals surface area contributed by atoms with Gasteiger partial charge in [0.15, 0.2) is 5.65 Å². The fourth-order valence-corrected chi connectivity index (χ4v) is 3.55. The van der Waals surface area contributed by atoms with Crippen molar-refractivity contribution in [2.45, 2.75) is 39.2 Å². The summed E-state index contributed by atoms with van der Waals surface area (Å²) in [5, 5.41) is 22.7. The van der Waals surface area contributed by atoms with Crippen molar-refractivity contribution in [2.24, 2.45) is 5.10 Å². The highest BCUT2D eigenvalue weighted by atomic mass is 16.4. The normalized spacial score (nSPS) is 11.5. The summed E-state index contributed by atoms with van der Waals surface area (Å²) in [7, 11) is 0. The van der Waals surface area contributed by atoms with E-state index in [-0.39, 0.29) is 5.56 Å². The SMILES string of the molecule is CCCCCCn1c2ccccc2c2nnc(N/N=C/c3ccc(C(=O)O)cc3)nc21. The number of anilines is 1. The smallest absolute Gasteiger partial charge is 0.335 e. The lowest BCUT2D eigenvalue weighted by Gasteiger charge is -2.06. The fraction of sp³-hybridized carbons (Fsp3) is 0.261. The second kappa shape index (κ2) is 9.34. The molecule has 2 N–H and O–H groups in total. The molecule has 8 heteroatoms. The highest BCUT2D eigenvalue weighted by Gasteiger charge is 2.14. The average molecular weight is 416 g/mol. The van der Waals surface area contributed by atoms with E-state index in [1.165, 1.54) is 31.4 Å². The molecule has 0 amide bonds. The first-order chi connectivity index (χ1) is 15.2. The van der Waals surface area contributed by atoms with Crippen LogP contribution < -0.4 is 5.43 Å². The first kappa shape index (κ1) is 20.5. The van der Waals surface area contributed by atoms with Gasteiger partial charge in [0.05, 0.1) is 17.3 Å². The number of aromatic nitrogens is 4. The number of aryl methyl sites for hydroxylation is 1. The topological polar surface area (TPSA) is 105 Å². The van der Waals surface area contributed by atoms with Crippen LogP contribution in [0.15, 0.2) is 53.6 Å². The predicted molar refractivity (Wildman–Crippen MR) is 122 cm³/mol. The van der Waals surface area contributed by atoms with Crippen LogP contribution in [0.3, 0.4) is 0 Å². The van der Waals surface area contributed by atoms with Crippen LogP contribution in [0.5, 0.6) is 0 Å². The lowest BCUT2D eigenvalue weighted by Crippen LogP contribution is -2.03. The second-order valence-corrected chi connectivity index (χ2v) is 7.33. The third kappa shape index (κ3) is 4.53. The van der Waals surface area contributed by atoms with Gasteiger partial charge in [0.1, 0.15) is 5.52 Å². The summed E-state index contributed by atoms with van der Waals surface area (Å²) >= 11 is 0. The quantitative estimate of drug-likeness (QED) is 0.233. The molecule has 0 bridgehead atoms. The van der Waals surface area contributed by atoms with Crippen molar-refractivity contribution in [2.75, 3.05) is 5.43 Å². The van der Waals surface area contributed by atoms with Gasteiger partial charge in [0.25, 0.3) is 5.95 Å². The number of benzene rings is 2. The summed E-state index contributed by atoms with van der Waals surface area (Å²) in [5.41, 5.74) is 6.49. The largest absolute Gasteiger partial charge is 0.478 e. The molecule has 8 nitrogen and oxygen atoms in total. The minimum absolute atomic E-state index is 0.231. The van der Waals surface area contributed by atoms with Crippen LogP contribution in [0.2, 0.25) is 0 Å². The summed E-state index contributed by atoms with van der Waals surface area (Å²) < 4.78 is 2.20. The van der Waals surface area contributed by atoms with Gasteiger partial charge in [-0.05, 0) is 30.2 Å². The Labute approximate surface area is 179 Å². The Balaban J connectivity index is 1.57. The van der Waals surface area contributed by atoms with Crippen LogP contribution in [0.1, 0.15) is 48.5 Å². The van der Waals surface area contributed by atoms with E-state index in [1.54, 1.807) is 18.3 Å². The number of rotatable bonds is 9. The van der Waals surface area contributed by atoms with E-state index in [2.05, 4.69) is 43.3 Å². The highest BCUT2D eigenvalue weighted by molar-refractivity contribution is 6.04. The number of unbranched alkanes of at least 4 members (excludes halogenated alkanes) is 3. The van der Waals surface area contributed by atoms with Gasteiger partial charge in [-0.25, -0.2) is 10.2 Å². The van der Waals surface area contributed by atoms with Crippen LogP contribution in [0, 0.1) is 0 Å². The van der Waals surface area contributed by atoms with E-state index in [0.29, 0.717) is 5.95 Å². The van der Waals surface area contributed by atoms with Crippen molar-refractivity contribution in [3.63, 3.8) is 0 Å². The molecule has 2 aromatic carbocycles. The van der Waals surface area contributed by atoms with Gasteiger partial charge in [-0.15, -0.1) is 10.2 Å². The van der Waals surface area contributed by atoms with Gasteiger partial charge >= 0.3 is 5.97 Å². The molecule has 4 aromatic rings. The average Bonchev–Trinajstić information content (AvgIpc) is 3.10. The molecule has 0 aliphatic carbocycles. The van der Waals surface area contributed by atoms with Crippen LogP contribution >= 0.6 is 0 Å². The van der Waals surface area contributed by atoms with Crippen molar-refractivity contribution in [1.29, 1.82) is 0 Å². The van der Waals surface area contributed by atoms with Crippen molar-refractivity contribution >= 4 is 40.2 Å². The van der Waals surface area contributed by atoms with Gasteiger partial charge < -0.3 is 9.67 Å². The summed E-state index contributed by atoms with van der Waals surface area (Å²) in [6, 6.07) is 14.6. The Kier molecular flexibility index (Phi) is 6.16. The first-order valence-electron chi connectivity index (χ1n) is 10.4. The minimum Gasteiger partial charge on any atom is -0.478 e. The Morgan fingerprint density at radius 3 is 2.68 bits per heavy atom. The predicted octanol–water partition coefficient (Wildman–Crippen LogP) is 4.70. The lowest BCUT2D eigenvalue weighted by molar-refractivity contribution is 0.0697. The summed E-state index contributed by atoms with van der Waals surface area (Å²) in [6.45, 7) is 3.08. The number of fused-ring (bicyclic) bond motifs is 3. The van der Waals surface area contributed by atoms with E-state index >= 15 is 0 Å². The van der Waals surface area contributed by atoms with Gasteiger partial charge in [0.2, 0.25) is 0 Å². The molecule has 0 atom stereocenters. The van der Waals surface area contributed by atoms with Gasteiger partial charge in [0, 0.05) is 11.9 Å². The fourth-order valence-electron chi connectivity index (χ4n) is 3.55. The third-order valence-corrected chi connectivity index (χ3v) is 5.15. The first-order valence-corrected chi connectivity index (χ1v) is 10.4. The zero-order valence-electron chi connectivity index (χ0n) is 17.3. The Morgan fingerprint density at radius 2 is 1.90 bits per heavy atom. The molecule has 158 valence electrons. The van der Waals surface area contributed by atoms with Crippen LogP contribution in [-0.2, 0) is 6.54 Å². The molecule has 0 saturated heterocycles. The van der Waals surface area contributed by atoms with Crippen molar-refractivity contribution in [1.82, 2.24) is 19.7 Å². The van der Waals surface area contributed by atoms with Crippen molar-refractivity contribution < 1.29 is 9.90 Å². The number of nitrogens with one attached hydrogen (secondary N) is 1. The molecule has 0 unspecified atom stereocenters. The monoisotopic (exact) mass is 416 g/mol.